The van der Waals surface area contributed by atoms with Crippen molar-refractivity contribution in [1.29, 1.82) is 0 Å². The van der Waals surface area contributed by atoms with E-state index in [1.807, 2.05) is 32.0 Å². The van der Waals surface area contributed by atoms with Gasteiger partial charge in [-0.1, -0.05) is 56.3 Å². The first-order valence-electron chi connectivity index (χ1n) is 13.7. The summed E-state index contributed by atoms with van der Waals surface area (Å²) in [6.07, 6.45) is -9.87. The lowest BCUT2D eigenvalue weighted by Crippen LogP contribution is -2.18. The number of alkyl halides is 6. The minimum absolute atomic E-state index is 0.0351. The van der Waals surface area contributed by atoms with Crippen LogP contribution in [0.25, 0.3) is 39.3 Å². The number of aromatic nitrogens is 1. The minimum Gasteiger partial charge on any atom is -0.494 e. The highest BCUT2D eigenvalue weighted by molar-refractivity contribution is 5.80. The summed E-state index contributed by atoms with van der Waals surface area (Å²) in [5.41, 5.74) is -0.623. The van der Waals surface area contributed by atoms with Crippen molar-refractivity contribution in [1.82, 2.24) is 4.98 Å². The van der Waals surface area contributed by atoms with E-state index in [0.29, 0.717) is 28.1 Å². The number of ether oxygens (including phenoxy) is 1. The molecule has 4 nitrogen and oxygen atoms in total. The average molecular weight is 623 g/mol. The van der Waals surface area contributed by atoms with E-state index in [1.165, 1.54) is 26.2 Å². The maximum atomic E-state index is 14.4. The normalized spacial score (nSPS) is 12.4. The zero-order valence-corrected chi connectivity index (χ0v) is 24.8. The van der Waals surface area contributed by atoms with Crippen molar-refractivity contribution in [3.63, 3.8) is 0 Å². The third-order valence-corrected chi connectivity index (χ3v) is 7.86. The fraction of sp³-hybridized carbons (Fsp3) is 0.200. The fourth-order valence-corrected chi connectivity index (χ4v) is 5.23. The highest BCUT2D eigenvalue weighted by Crippen LogP contribution is 2.45. The summed E-state index contributed by atoms with van der Waals surface area (Å²) in [6, 6.07) is 17.1. The number of rotatable bonds is 7. The molecule has 5 aromatic rings. The van der Waals surface area contributed by atoms with Crippen molar-refractivity contribution >= 4 is 29.1 Å². The van der Waals surface area contributed by atoms with Crippen molar-refractivity contribution < 1.29 is 35.5 Å². The second kappa shape index (κ2) is 11.3. The third-order valence-electron chi connectivity index (χ3n) is 7.86. The van der Waals surface area contributed by atoms with E-state index in [0.717, 1.165) is 35.4 Å². The topological polar surface area (TPSA) is 47.6 Å². The Hall–Kier alpha value is -4.86. The van der Waals surface area contributed by atoms with Gasteiger partial charge in [0.25, 0.3) is 0 Å². The first-order chi connectivity index (χ1) is 21.0. The molecular weight excluding hydrogens is 594 g/mol. The molecule has 5 rings (SSSR count). The minimum atomic E-state index is -4.97. The molecule has 0 aliphatic heterocycles. The Balaban J connectivity index is 1.59. The molecule has 1 aromatic heterocycles. The highest BCUT2D eigenvalue weighted by Gasteiger charge is 2.39. The fourth-order valence-electron chi connectivity index (χ4n) is 5.23. The van der Waals surface area contributed by atoms with Gasteiger partial charge in [0.2, 0.25) is 5.89 Å². The van der Waals surface area contributed by atoms with Gasteiger partial charge in [-0.15, -0.1) is 0 Å². The maximum absolute atomic E-state index is 14.4. The number of oxazole rings is 1. The molecular formula is C35H28F6N2O2. The van der Waals surface area contributed by atoms with Gasteiger partial charge >= 0.3 is 12.4 Å². The Bertz CT molecular complexity index is 1950. The summed E-state index contributed by atoms with van der Waals surface area (Å²) in [4.78, 5) is 8.48. The number of allylic oxidation sites excluding steroid dienone is 1. The lowest BCUT2D eigenvalue weighted by molar-refractivity contribution is -0.139. The molecule has 0 saturated heterocycles. The van der Waals surface area contributed by atoms with Crippen molar-refractivity contribution in [3.8, 4) is 28.3 Å². The zero-order valence-electron chi connectivity index (χ0n) is 24.8. The Labute approximate surface area is 255 Å². The summed E-state index contributed by atoms with van der Waals surface area (Å²) >= 11 is 0. The largest absolute Gasteiger partial charge is 0.494 e. The number of hydrogen-bond acceptors (Lipinski definition) is 4. The van der Waals surface area contributed by atoms with Gasteiger partial charge in [-0.05, 0) is 83.9 Å². The van der Waals surface area contributed by atoms with Gasteiger partial charge in [0.05, 0.1) is 18.2 Å². The van der Waals surface area contributed by atoms with Gasteiger partial charge in [-0.3, -0.25) is 4.99 Å². The van der Waals surface area contributed by atoms with Crippen molar-refractivity contribution in [2.75, 3.05) is 7.11 Å². The van der Waals surface area contributed by atoms with Crippen LogP contribution in [0.3, 0.4) is 0 Å². The first kappa shape index (κ1) is 31.6. The van der Waals surface area contributed by atoms with Crippen LogP contribution >= 0.6 is 0 Å². The smallest absolute Gasteiger partial charge is 0.417 e. The molecule has 1 heterocycles. The predicted octanol–water partition coefficient (Wildman–Crippen LogP) is 10.9. The van der Waals surface area contributed by atoms with Crippen molar-refractivity contribution in [2.45, 2.75) is 38.5 Å². The van der Waals surface area contributed by atoms with Crippen molar-refractivity contribution in [3.05, 3.63) is 107 Å². The van der Waals surface area contributed by atoms with Crippen molar-refractivity contribution in [2.24, 2.45) is 4.99 Å². The predicted molar refractivity (Wildman–Crippen MR) is 164 cm³/mol. The summed E-state index contributed by atoms with van der Waals surface area (Å²) in [6.45, 7) is 12.8. The number of fused-ring (bicyclic) bond motifs is 1. The van der Waals surface area contributed by atoms with Gasteiger partial charge in [0.15, 0.2) is 5.58 Å². The lowest BCUT2D eigenvalue weighted by atomic mass is 9.78. The average Bonchev–Trinajstić information content (AvgIpc) is 3.43. The lowest BCUT2D eigenvalue weighted by Gasteiger charge is -2.26. The molecule has 0 N–H and O–H groups in total. The number of aliphatic imine (C=N–C) groups is 1. The molecule has 4 aromatic carbocycles. The van der Waals surface area contributed by atoms with E-state index in [1.54, 1.807) is 18.2 Å². The standard InChI is InChI=1S/C35H28F6N2O2/c1-19(2)20-7-11-24(26(15-20)34(36,37)38)25-12-8-21(16-27(25)35(39,40)41)32-43-29-18-23(10-14-31(29)45-32)33(3,4)22-9-13-30(44-6)28(17-22)42-5/h7-18H,1,5H2,2-4,6H3. The first-order valence-corrected chi connectivity index (χ1v) is 13.7. The summed E-state index contributed by atoms with van der Waals surface area (Å²) in [5, 5.41) is 0. The van der Waals surface area contributed by atoms with Gasteiger partial charge in [0.1, 0.15) is 17.0 Å². The van der Waals surface area contributed by atoms with Gasteiger partial charge in [-0.2, -0.15) is 26.3 Å². The van der Waals surface area contributed by atoms with Gasteiger partial charge in [-0.25, -0.2) is 4.98 Å². The van der Waals surface area contributed by atoms with E-state index in [-0.39, 0.29) is 17.0 Å². The molecule has 0 saturated carbocycles. The second-order valence-corrected chi connectivity index (χ2v) is 11.2. The molecule has 0 amide bonds. The Morgan fingerprint density at radius 1 is 0.800 bits per heavy atom. The Morgan fingerprint density at radius 2 is 1.40 bits per heavy atom. The molecule has 0 spiro atoms. The summed E-state index contributed by atoms with van der Waals surface area (Å²) < 4.78 is 96.3. The van der Waals surface area contributed by atoms with Crippen LogP contribution in [0.5, 0.6) is 5.75 Å². The van der Waals surface area contributed by atoms with Crippen LogP contribution in [-0.4, -0.2) is 18.8 Å². The van der Waals surface area contributed by atoms with Crippen LogP contribution in [0.1, 0.15) is 48.6 Å². The number of methoxy groups -OCH3 is 1. The Kier molecular flexibility index (Phi) is 7.89. The number of halogens is 6. The number of nitrogens with zero attached hydrogens (tertiary/aromatic N) is 2. The van der Waals surface area contributed by atoms with Crippen LogP contribution in [-0.2, 0) is 17.8 Å². The van der Waals surface area contributed by atoms with Crippen LogP contribution in [0, 0.1) is 0 Å². The van der Waals surface area contributed by atoms with Gasteiger partial charge in [0, 0.05) is 11.0 Å². The highest BCUT2D eigenvalue weighted by atomic mass is 19.4. The summed E-state index contributed by atoms with van der Waals surface area (Å²) in [7, 11) is 1.54. The van der Waals surface area contributed by atoms with Gasteiger partial charge < -0.3 is 9.15 Å². The molecule has 10 heteroatoms. The van der Waals surface area contributed by atoms with Crippen LogP contribution in [0.15, 0.2) is 88.8 Å². The molecule has 0 unspecified atom stereocenters. The maximum Gasteiger partial charge on any atom is 0.417 e. The molecule has 0 aliphatic carbocycles. The van der Waals surface area contributed by atoms with E-state index >= 15 is 0 Å². The molecule has 0 atom stereocenters. The van der Waals surface area contributed by atoms with Crippen LogP contribution < -0.4 is 4.74 Å². The third kappa shape index (κ3) is 5.96. The van der Waals surface area contributed by atoms with E-state index in [2.05, 4.69) is 23.3 Å². The number of benzene rings is 4. The quantitative estimate of drug-likeness (QED) is 0.134. The molecule has 0 bridgehead atoms. The van der Waals surface area contributed by atoms with Crippen LogP contribution in [0.2, 0.25) is 0 Å². The molecule has 232 valence electrons. The Morgan fingerprint density at radius 3 is 2.00 bits per heavy atom. The summed E-state index contributed by atoms with van der Waals surface area (Å²) in [5.74, 6) is 0.470. The second-order valence-electron chi connectivity index (χ2n) is 11.2. The monoisotopic (exact) mass is 622 g/mol. The molecule has 45 heavy (non-hydrogen) atoms. The van der Waals surface area contributed by atoms with E-state index < -0.39 is 40.0 Å². The molecule has 0 radical (unpaired) electrons. The van der Waals surface area contributed by atoms with Crippen LogP contribution in [0.4, 0.5) is 32.0 Å². The zero-order chi connectivity index (χ0) is 32.9. The van der Waals surface area contributed by atoms with E-state index in [9.17, 15) is 26.3 Å². The number of hydrogen-bond donors (Lipinski definition) is 0. The van der Waals surface area contributed by atoms with E-state index in [4.69, 9.17) is 9.15 Å². The molecule has 0 fully saturated rings. The SMILES string of the molecule is C=Nc1cc(C(C)(C)c2ccc3oc(-c4ccc(-c5ccc(C(=C)C)cc5C(F)(F)F)c(C(F)(F)F)c4)nc3c2)ccc1OC. The molecule has 0 aliphatic rings.